The highest BCUT2D eigenvalue weighted by Crippen LogP contribution is 2.76. The van der Waals surface area contributed by atoms with E-state index in [0.29, 0.717) is 0 Å². The molecule has 16 heavy (non-hydrogen) atoms. The lowest BCUT2D eigenvalue weighted by molar-refractivity contribution is 0.547. The Morgan fingerprint density at radius 1 is 1.06 bits per heavy atom. The molecule has 0 nitrogen and oxygen atoms in total. The van der Waals surface area contributed by atoms with Gasteiger partial charge in [-0.2, -0.15) is 0 Å². The molecule has 2 unspecified atom stereocenters. The highest BCUT2D eigenvalue weighted by Gasteiger charge is 2.65. The molecule has 0 N–H and O–H groups in total. The normalized spacial score (nSPS) is 31.1. The standard InChI is InChI=1S/C15H28Si/c1-3-4-5-6-7-8-9-10-11-14-12-15(14)13-16(15)2/h14H,2-13H2,1H3. The summed E-state index contributed by atoms with van der Waals surface area (Å²) in [6.45, 7) is 2.29. The molecule has 2 aliphatic rings. The topological polar surface area (TPSA) is 0 Å². The van der Waals surface area contributed by atoms with Gasteiger partial charge in [-0.15, -0.1) is 6.17 Å². The van der Waals surface area contributed by atoms with Crippen LogP contribution in [0.4, 0.5) is 0 Å². The van der Waals surface area contributed by atoms with Gasteiger partial charge in [-0.3, -0.25) is 0 Å². The first kappa shape index (κ1) is 12.5. The van der Waals surface area contributed by atoms with Crippen molar-refractivity contribution in [3.8, 4) is 0 Å². The van der Waals surface area contributed by atoms with Crippen molar-refractivity contribution in [1.82, 2.24) is 0 Å². The van der Waals surface area contributed by atoms with Crippen LogP contribution in [0.5, 0.6) is 0 Å². The van der Waals surface area contributed by atoms with Crippen LogP contribution >= 0.6 is 0 Å². The van der Waals surface area contributed by atoms with Gasteiger partial charge in [0, 0.05) is 8.41 Å². The maximum Gasteiger partial charge on any atom is 0.00941 e. The maximum atomic E-state index is 4.30. The van der Waals surface area contributed by atoms with Crippen molar-refractivity contribution in [3.63, 3.8) is 0 Å². The van der Waals surface area contributed by atoms with Gasteiger partial charge >= 0.3 is 0 Å². The Hall–Kier alpha value is 0.0869. The summed E-state index contributed by atoms with van der Waals surface area (Å²) >= 11 is 0. The van der Waals surface area contributed by atoms with Gasteiger partial charge in [-0.25, -0.2) is 0 Å². The minimum absolute atomic E-state index is 0.0496. The molecule has 0 aromatic carbocycles. The van der Waals surface area contributed by atoms with Crippen molar-refractivity contribution < 1.29 is 0 Å². The molecule has 1 saturated carbocycles. The second kappa shape index (κ2) is 5.62. The van der Waals surface area contributed by atoms with E-state index in [-0.39, 0.29) is 8.41 Å². The minimum Gasteiger partial charge on any atom is -0.118 e. The lowest BCUT2D eigenvalue weighted by Gasteiger charge is -2.01. The van der Waals surface area contributed by atoms with Crippen molar-refractivity contribution in [2.24, 2.45) is 5.92 Å². The average molecular weight is 236 g/mol. The van der Waals surface area contributed by atoms with Gasteiger partial charge in [0.2, 0.25) is 0 Å². The third-order valence-electron chi connectivity index (χ3n) is 4.75. The Bertz CT molecular complexity index is 246. The van der Waals surface area contributed by atoms with E-state index in [1.165, 1.54) is 51.4 Å². The molecular formula is C15H28Si. The quantitative estimate of drug-likeness (QED) is 0.398. The SMILES string of the molecule is C=[Si]1CC12CC2CCCCCCCCCC. The maximum absolute atomic E-state index is 4.30. The summed E-state index contributed by atoms with van der Waals surface area (Å²) in [4.78, 5) is 0. The number of rotatable bonds is 9. The summed E-state index contributed by atoms with van der Waals surface area (Å²) < 4.78 is 0. The number of hydrogen-bond donors (Lipinski definition) is 0. The second-order valence-corrected chi connectivity index (χ2v) is 8.66. The zero-order valence-electron chi connectivity index (χ0n) is 11.1. The van der Waals surface area contributed by atoms with Gasteiger partial charge in [-0.05, 0) is 29.8 Å². The van der Waals surface area contributed by atoms with E-state index < -0.39 is 0 Å². The van der Waals surface area contributed by atoms with E-state index in [0.717, 1.165) is 11.0 Å². The van der Waals surface area contributed by atoms with Gasteiger partial charge in [0.15, 0.2) is 0 Å². The molecule has 92 valence electrons. The van der Waals surface area contributed by atoms with E-state index >= 15 is 0 Å². The Morgan fingerprint density at radius 3 is 2.12 bits per heavy atom. The molecule has 0 aromatic rings. The summed E-state index contributed by atoms with van der Waals surface area (Å²) in [5.41, 5.74) is 0. The fourth-order valence-corrected chi connectivity index (χ4v) is 6.01. The third-order valence-corrected chi connectivity index (χ3v) is 7.57. The molecular weight excluding hydrogens is 208 g/mol. The predicted octanol–water partition coefficient (Wildman–Crippen LogP) is 4.80. The molecule has 0 bridgehead atoms. The molecule has 1 aliphatic carbocycles. The van der Waals surface area contributed by atoms with Crippen LogP contribution < -0.4 is 0 Å². The van der Waals surface area contributed by atoms with Crippen LogP contribution in [0.2, 0.25) is 11.1 Å². The Labute approximate surface area is 103 Å². The molecule has 1 saturated heterocycles. The lowest BCUT2D eigenvalue weighted by Crippen LogP contribution is -1.84. The Balaban J connectivity index is 1.35. The fraction of sp³-hybridized carbons (Fsp3) is 0.933. The van der Waals surface area contributed by atoms with Crippen LogP contribution in [0.3, 0.4) is 0 Å². The second-order valence-electron chi connectivity index (χ2n) is 6.10. The molecule has 1 heterocycles. The predicted molar refractivity (Wildman–Crippen MR) is 75.7 cm³/mol. The summed E-state index contributed by atoms with van der Waals surface area (Å²) in [5, 5.41) is 0.909. The van der Waals surface area contributed by atoms with Crippen molar-refractivity contribution >= 4 is 14.6 Å². The minimum atomic E-state index is -0.0496. The molecule has 2 fully saturated rings. The third kappa shape index (κ3) is 3.06. The first-order valence-corrected chi connectivity index (χ1v) is 9.39. The van der Waals surface area contributed by atoms with Crippen LogP contribution in [0.25, 0.3) is 0 Å². The smallest absolute Gasteiger partial charge is 0.00941 e. The van der Waals surface area contributed by atoms with E-state index in [9.17, 15) is 0 Å². The zero-order chi connectivity index (χ0) is 11.4. The molecule has 0 aromatic heterocycles. The van der Waals surface area contributed by atoms with E-state index in [1.807, 2.05) is 0 Å². The first-order valence-electron chi connectivity index (χ1n) is 7.48. The van der Waals surface area contributed by atoms with Crippen LogP contribution in [0, 0.1) is 5.92 Å². The van der Waals surface area contributed by atoms with Gasteiger partial charge in [0.1, 0.15) is 0 Å². The summed E-state index contributed by atoms with van der Waals surface area (Å²) in [6, 6.07) is 1.55. The molecule has 0 amide bonds. The van der Waals surface area contributed by atoms with Gasteiger partial charge in [0.25, 0.3) is 0 Å². The highest BCUT2D eigenvalue weighted by atomic mass is 28.2. The molecule has 1 spiro atoms. The van der Waals surface area contributed by atoms with Crippen LogP contribution in [0.1, 0.15) is 71.1 Å². The average Bonchev–Trinajstić information content (AvgIpc) is 3.12. The van der Waals surface area contributed by atoms with Crippen molar-refractivity contribution in [1.29, 1.82) is 0 Å². The van der Waals surface area contributed by atoms with E-state index in [1.54, 1.807) is 18.9 Å². The van der Waals surface area contributed by atoms with Crippen molar-refractivity contribution in [2.75, 3.05) is 0 Å². The van der Waals surface area contributed by atoms with Crippen molar-refractivity contribution in [3.05, 3.63) is 0 Å². The lowest BCUT2D eigenvalue weighted by atomic mass is 10.1. The zero-order valence-corrected chi connectivity index (χ0v) is 12.1. The molecule has 1 aliphatic heterocycles. The summed E-state index contributed by atoms with van der Waals surface area (Å²) in [7, 11) is -0.0496. The molecule has 2 rings (SSSR count). The van der Waals surface area contributed by atoms with Gasteiger partial charge < -0.3 is 0 Å². The Kier molecular flexibility index (Phi) is 4.40. The Morgan fingerprint density at radius 2 is 1.62 bits per heavy atom. The van der Waals surface area contributed by atoms with Crippen LogP contribution in [0.15, 0.2) is 0 Å². The van der Waals surface area contributed by atoms with Gasteiger partial charge in [0.05, 0.1) is 0 Å². The fourth-order valence-electron chi connectivity index (χ4n) is 3.27. The van der Waals surface area contributed by atoms with Gasteiger partial charge in [-0.1, -0.05) is 58.3 Å². The van der Waals surface area contributed by atoms with E-state index in [2.05, 4.69) is 13.1 Å². The summed E-state index contributed by atoms with van der Waals surface area (Å²) in [5.74, 6) is 1.14. The van der Waals surface area contributed by atoms with Crippen molar-refractivity contribution in [2.45, 2.75) is 82.2 Å². The van der Waals surface area contributed by atoms with Crippen LogP contribution in [-0.2, 0) is 0 Å². The largest absolute Gasteiger partial charge is 0.118 e. The monoisotopic (exact) mass is 236 g/mol. The first-order chi connectivity index (χ1) is 7.79. The molecule has 2 atom stereocenters. The van der Waals surface area contributed by atoms with E-state index in [4.69, 9.17) is 0 Å². The molecule has 0 radical (unpaired) electrons. The van der Waals surface area contributed by atoms with Crippen LogP contribution in [-0.4, -0.2) is 14.6 Å². The number of hydrogen-bond acceptors (Lipinski definition) is 0. The summed E-state index contributed by atoms with van der Waals surface area (Å²) in [6.07, 6.45) is 19.2. The highest BCUT2D eigenvalue weighted by molar-refractivity contribution is 6.77. The molecule has 1 heteroatoms. The number of unbranched alkanes of at least 4 members (excludes halogenated alkanes) is 7.